The summed E-state index contributed by atoms with van der Waals surface area (Å²) >= 11 is 1.93. The van der Waals surface area contributed by atoms with Gasteiger partial charge in [0.05, 0.1) is 0 Å². The van der Waals surface area contributed by atoms with Gasteiger partial charge in [-0.1, -0.05) is 0 Å². The van der Waals surface area contributed by atoms with Crippen LogP contribution in [0.1, 0.15) is 25.7 Å². The Morgan fingerprint density at radius 3 is 2.50 bits per heavy atom. The Balaban J connectivity index is 1.76. The zero-order chi connectivity index (χ0) is 13.0. The van der Waals surface area contributed by atoms with Gasteiger partial charge in [-0.25, -0.2) is 8.78 Å². The first-order valence-electron chi connectivity index (χ1n) is 6.57. The van der Waals surface area contributed by atoms with Crippen molar-refractivity contribution in [1.82, 2.24) is 4.90 Å². The Bertz CT molecular complexity index is 294. The zero-order valence-electron chi connectivity index (χ0n) is 10.6. The van der Waals surface area contributed by atoms with Gasteiger partial charge in [0.2, 0.25) is 5.92 Å². The van der Waals surface area contributed by atoms with Gasteiger partial charge in [-0.3, -0.25) is 4.99 Å². The highest BCUT2D eigenvalue weighted by atomic mass is 32.2. The van der Waals surface area contributed by atoms with Crippen LogP contribution in [0.2, 0.25) is 0 Å². The smallest absolute Gasteiger partial charge is 0.248 e. The highest BCUT2D eigenvalue weighted by molar-refractivity contribution is 7.99. The first kappa shape index (κ1) is 13.9. The lowest BCUT2D eigenvalue weighted by molar-refractivity contribution is -0.0446. The van der Waals surface area contributed by atoms with E-state index >= 15 is 0 Å². The fourth-order valence-electron chi connectivity index (χ4n) is 2.40. The molecule has 6 heteroatoms. The predicted octanol–water partition coefficient (Wildman–Crippen LogP) is 2.18. The van der Waals surface area contributed by atoms with Crippen molar-refractivity contribution in [2.24, 2.45) is 16.6 Å². The van der Waals surface area contributed by atoms with Gasteiger partial charge in [-0.15, -0.1) is 0 Å². The Morgan fingerprint density at radius 2 is 1.89 bits per heavy atom. The summed E-state index contributed by atoms with van der Waals surface area (Å²) in [5, 5.41) is 0. The maximum Gasteiger partial charge on any atom is 0.248 e. The van der Waals surface area contributed by atoms with Gasteiger partial charge in [-0.2, -0.15) is 11.8 Å². The molecule has 2 aliphatic rings. The number of hydrogen-bond acceptors (Lipinski definition) is 2. The van der Waals surface area contributed by atoms with E-state index in [0.717, 1.165) is 24.6 Å². The van der Waals surface area contributed by atoms with Crippen LogP contribution in [-0.2, 0) is 0 Å². The summed E-state index contributed by atoms with van der Waals surface area (Å²) in [6.45, 7) is 2.50. The molecule has 0 aromatic rings. The van der Waals surface area contributed by atoms with Crippen LogP contribution >= 0.6 is 11.8 Å². The molecule has 0 aromatic carbocycles. The lowest BCUT2D eigenvalue weighted by atomic mass is 9.87. The minimum absolute atomic E-state index is 0.00739. The average molecular weight is 277 g/mol. The standard InChI is InChI=1S/C12H21F2N3S/c13-12(14)3-1-10(2-4-12)9-16-11(15)17-5-7-18-8-6-17/h10H,1-9H2,(H2,15,16). The largest absolute Gasteiger partial charge is 0.370 e. The Labute approximate surface area is 111 Å². The van der Waals surface area contributed by atoms with Crippen LogP contribution < -0.4 is 5.73 Å². The highest BCUT2D eigenvalue weighted by Crippen LogP contribution is 2.36. The van der Waals surface area contributed by atoms with E-state index in [1.54, 1.807) is 0 Å². The molecular formula is C12H21F2N3S. The van der Waals surface area contributed by atoms with Crippen molar-refractivity contribution in [3.63, 3.8) is 0 Å². The number of thioether (sulfide) groups is 1. The third kappa shape index (κ3) is 4.00. The van der Waals surface area contributed by atoms with Crippen LogP contribution in [0, 0.1) is 5.92 Å². The van der Waals surface area contributed by atoms with Crippen molar-refractivity contribution in [3.8, 4) is 0 Å². The summed E-state index contributed by atoms with van der Waals surface area (Å²) in [6.07, 6.45) is 1.15. The molecule has 1 saturated carbocycles. The fourth-order valence-corrected chi connectivity index (χ4v) is 3.30. The van der Waals surface area contributed by atoms with Crippen molar-refractivity contribution in [3.05, 3.63) is 0 Å². The average Bonchev–Trinajstić information content (AvgIpc) is 2.38. The molecule has 2 rings (SSSR count). The van der Waals surface area contributed by atoms with Crippen LogP contribution in [0.3, 0.4) is 0 Å². The summed E-state index contributed by atoms with van der Waals surface area (Å²) < 4.78 is 26.0. The fraction of sp³-hybridized carbons (Fsp3) is 0.917. The summed E-state index contributed by atoms with van der Waals surface area (Å²) in [5.74, 6) is 0.600. The lowest BCUT2D eigenvalue weighted by Crippen LogP contribution is -2.43. The molecule has 0 amide bonds. The molecule has 1 saturated heterocycles. The van der Waals surface area contributed by atoms with Gasteiger partial charge in [0.1, 0.15) is 0 Å². The Hall–Kier alpha value is -0.520. The van der Waals surface area contributed by atoms with Gasteiger partial charge in [-0.05, 0) is 18.8 Å². The van der Waals surface area contributed by atoms with Crippen molar-refractivity contribution in [2.75, 3.05) is 31.1 Å². The molecule has 1 aliphatic heterocycles. The normalized spacial score (nSPS) is 26.3. The van der Waals surface area contributed by atoms with E-state index < -0.39 is 5.92 Å². The van der Waals surface area contributed by atoms with Gasteiger partial charge in [0.25, 0.3) is 0 Å². The second-order valence-electron chi connectivity index (χ2n) is 5.10. The van der Waals surface area contributed by atoms with Gasteiger partial charge < -0.3 is 10.6 Å². The molecular weight excluding hydrogens is 256 g/mol. The number of rotatable bonds is 2. The van der Waals surface area contributed by atoms with E-state index in [-0.39, 0.29) is 18.8 Å². The van der Waals surface area contributed by atoms with E-state index in [1.165, 1.54) is 0 Å². The van der Waals surface area contributed by atoms with E-state index in [0.29, 0.717) is 25.3 Å². The Kier molecular flexibility index (Phi) is 4.70. The van der Waals surface area contributed by atoms with Crippen molar-refractivity contribution in [1.29, 1.82) is 0 Å². The van der Waals surface area contributed by atoms with E-state index in [9.17, 15) is 8.78 Å². The van der Waals surface area contributed by atoms with E-state index in [1.807, 2.05) is 11.8 Å². The third-order valence-electron chi connectivity index (χ3n) is 3.68. The second-order valence-corrected chi connectivity index (χ2v) is 6.32. The minimum Gasteiger partial charge on any atom is -0.370 e. The van der Waals surface area contributed by atoms with Gasteiger partial charge in [0.15, 0.2) is 5.96 Å². The van der Waals surface area contributed by atoms with Crippen molar-refractivity contribution < 1.29 is 8.78 Å². The van der Waals surface area contributed by atoms with Gasteiger partial charge in [0, 0.05) is 44.0 Å². The number of alkyl halides is 2. The number of nitrogens with two attached hydrogens (primary N) is 1. The summed E-state index contributed by atoms with van der Waals surface area (Å²) in [5.41, 5.74) is 5.94. The number of aliphatic imine (C=N–C) groups is 1. The first-order chi connectivity index (χ1) is 8.57. The minimum atomic E-state index is -2.45. The molecule has 0 spiro atoms. The molecule has 0 unspecified atom stereocenters. The quantitative estimate of drug-likeness (QED) is 0.621. The monoisotopic (exact) mass is 277 g/mol. The van der Waals surface area contributed by atoms with Crippen molar-refractivity contribution >= 4 is 17.7 Å². The third-order valence-corrected chi connectivity index (χ3v) is 4.63. The van der Waals surface area contributed by atoms with Crippen LogP contribution in [-0.4, -0.2) is 47.9 Å². The molecule has 18 heavy (non-hydrogen) atoms. The Morgan fingerprint density at radius 1 is 1.28 bits per heavy atom. The van der Waals surface area contributed by atoms with Crippen LogP contribution in [0.15, 0.2) is 4.99 Å². The van der Waals surface area contributed by atoms with E-state index in [4.69, 9.17) is 5.73 Å². The maximum absolute atomic E-state index is 13.0. The molecule has 2 fully saturated rings. The topological polar surface area (TPSA) is 41.6 Å². The number of guanidine groups is 1. The molecule has 104 valence electrons. The molecule has 2 N–H and O–H groups in total. The molecule has 0 aromatic heterocycles. The van der Waals surface area contributed by atoms with Gasteiger partial charge >= 0.3 is 0 Å². The number of halogens is 2. The van der Waals surface area contributed by atoms with Crippen LogP contribution in [0.5, 0.6) is 0 Å². The number of nitrogens with zero attached hydrogens (tertiary/aromatic N) is 2. The zero-order valence-corrected chi connectivity index (χ0v) is 11.4. The summed E-state index contributed by atoms with van der Waals surface area (Å²) in [4.78, 5) is 6.48. The van der Waals surface area contributed by atoms with Crippen LogP contribution in [0.25, 0.3) is 0 Å². The maximum atomic E-state index is 13.0. The predicted molar refractivity (Wildman–Crippen MR) is 72.3 cm³/mol. The molecule has 0 bridgehead atoms. The summed E-state index contributed by atoms with van der Waals surface area (Å²) in [7, 11) is 0. The lowest BCUT2D eigenvalue weighted by Gasteiger charge is -2.29. The van der Waals surface area contributed by atoms with Crippen molar-refractivity contribution in [2.45, 2.75) is 31.6 Å². The molecule has 3 nitrogen and oxygen atoms in total. The first-order valence-corrected chi connectivity index (χ1v) is 7.73. The highest BCUT2D eigenvalue weighted by Gasteiger charge is 2.34. The molecule has 0 atom stereocenters. The molecule has 1 heterocycles. The molecule has 0 radical (unpaired) electrons. The molecule has 1 aliphatic carbocycles. The number of hydrogen-bond donors (Lipinski definition) is 1. The van der Waals surface area contributed by atoms with Crippen LogP contribution in [0.4, 0.5) is 8.78 Å². The van der Waals surface area contributed by atoms with E-state index in [2.05, 4.69) is 9.89 Å². The summed E-state index contributed by atoms with van der Waals surface area (Å²) in [6, 6.07) is 0. The SMILES string of the molecule is NC(=NCC1CCC(F)(F)CC1)N1CCSCC1. The second kappa shape index (κ2) is 6.08.